The van der Waals surface area contributed by atoms with Crippen molar-refractivity contribution in [3.63, 3.8) is 0 Å². The number of benzene rings is 1. The predicted octanol–water partition coefficient (Wildman–Crippen LogP) is 4.71. The molecule has 3 aromatic heterocycles. The van der Waals surface area contributed by atoms with Gasteiger partial charge in [-0.15, -0.1) is 11.3 Å². The molecule has 4 aromatic rings. The molecule has 1 aromatic carbocycles. The molecule has 0 fully saturated rings. The van der Waals surface area contributed by atoms with Crippen LogP contribution in [0.2, 0.25) is 0 Å². The van der Waals surface area contributed by atoms with Gasteiger partial charge < -0.3 is 4.52 Å². The molecule has 0 saturated heterocycles. The van der Waals surface area contributed by atoms with Crippen LogP contribution in [0.25, 0.3) is 22.2 Å². The molecular formula is C20H21N5O2S2. The minimum absolute atomic E-state index is 0.319. The van der Waals surface area contributed by atoms with E-state index in [-0.39, 0.29) is 0 Å². The second kappa shape index (κ2) is 8.00. The summed E-state index contributed by atoms with van der Waals surface area (Å²) in [6.45, 7) is 5.95. The molecule has 0 aliphatic carbocycles. The van der Waals surface area contributed by atoms with Crippen LogP contribution in [0.3, 0.4) is 0 Å². The summed E-state index contributed by atoms with van der Waals surface area (Å²) >= 11 is 1.53. The third-order valence-electron chi connectivity index (χ3n) is 4.98. The average molecular weight is 428 g/mol. The Bertz CT molecular complexity index is 1130. The van der Waals surface area contributed by atoms with E-state index in [4.69, 9.17) is 4.52 Å². The van der Waals surface area contributed by atoms with Crippen LogP contribution in [0.15, 0.2) is 51.5 Å². The quantitative estimate of drug-likeness (QED) is 0.458. The Labute approximate surface area is 175 Å². The van der Waals surface area contributed by atoms with Gasteiger partial charge in [0.1, 0.15) is 15.5 Å². The zero-order valence-electron chi connectivity index (χ0n) is 16.4. The van der Waals surface area contributed by atoms with Crippen molar-refractivity contribution >= 4 is 22.1 Å². The number of H-pyrrole nitrogens is 1. The molecule has 3 heterocycles. The number of hydrogen-bond acceptors (Lipinski definition) is 7. The van der Waals surface area contributed by atoms with Gasteiger partial charge in [-0.05, 0) is 43.3 Å². The zero-order chi connectivity index (χ0) is 20.4. The molecule has 0 aliphatic rings. The van der Waals surface area contributed by atoms with Crippen LogP contribution in [0.5, 0.6) is 0 Å². The van der Waals surface area contributed by atoms with Gasteiger partial charge in [0.15, 0.2) is 11.6 Å². The number of thiophene rings is 1. The highest BCUT2D eigenvalue weighted by Gasteiger charge is 2.42. The van der Waals surface area contributed by atoms with Gasteiger partial charge in [0.2, 0.25) is 5.16 Å². The Balaban J connectivity index is 1.70. The van der Waals surface area contributed by atoms with Crippen molar-refractivity contribution in [3.05, 3.63) is 53.2 Å². The monoisotopic (exact) mass is 427 g/mol. The van der Waals surface area contributed by atoms with Crippen LogP contribution >= 0.6 is 11.3 Å². The first kappa shape index (κ1) is 19.7. The van der Waals surface area contributed by atoms with Crippen molar-refractivity contribution in [2.24, 2.45) is 0 Å². The zero-order valence-corrected chi connectivity index (χ0v) is 18.0. The lowest BCUT2D eigenvalue weighted by atomic mass is 10.0. The highest BCUT2D eigenvalue weighted by atomic mass is 32.2. The van der Waals surface area contributed by atoms with Crippen molar-refractivity contribution in [2.45, 2.75) is 43.5 Å². The van der Waals surface area contributed by atoms with Crippen LogP contribution in [-0.4, -0.2) is 29.5 Å². The molecule has 0 radical (unpaired) electrons. The normalized spacial score (nSPS) is 12.9. The van der Waals surface area contributed by atoms with Crippen LogP contribution in [0.4, 0.5) is 0 Å². The van der Waals surface area contributed by atoms with Gasteiger partial charge in [-0.25, -0.2) is 0 Å². The van der Waals surface area contributed by atoms with E-state index < -0.39 is 15.5 Å². The van der Waals surface area contributed by atoms with Crippen molar-refractivity contribution in [3.8, 4) is 22.2 Å². The fourth-order valence-electron chi connectivity index (χ4n) is 3.25. The number of aromatic amines is 1. The van der Waals surface area contributed by atoms with E-state index in [0.29, 0.717) is 35.5 Å². The maximum Gasteiger partial charge on any atom is 0.257 e. The number of nitrogens with zero attached hydrogens (tertiary/aromatic N) is 4. The summed E-state index contributed by atoms with van der Waals surface area (Å²) < 4.78 is 18.3. The van der Waals surface area contributed by atoms with Gasteiger partial charge >= 0.3 is 0 Å². The maximum absolute atomic E-state index is 13.6. The molecule has 1 atom stereocenters. The van der Waals surface area contributed by atoms with Gasteiger partial charge in [0.25, 0.3) is 5.89 Å². The Hall–Kier alpha value is -2.65. The third kappa shape index (κ3) is 3.56. The SMILES string of the molecule is CCC(CC)(c1noc(-c2cccc(C)c2)n1)S(=O)c1nc(-c2cccs2)n[nH]1. The number of rotatable bonds is 7. The molecule has 4 rings (SSSR count). The molecule has 29 heavy (non-hydrogen) atoms. The highest BCUT2D eigenvalue weighted by Crippen LogP contribution is 2.37. The third-order valence-corrected chi connectivity index (χ3v) is 7.85. The topological polar surface area (TPSA) is 97.6 Å². The lowest BCUT2D eigenvalue weighted by molar-refractivity contribution is 0.402. The largest absolute Gasteiger partial charge is 0.334 e. The van der Waals surface area contributed by atoms with Crippen LogP contribution < -0.4 is 0 Å². The van der Waals surface area contributed by atoms with E-state index in [1.54, 1.807) is 0 Å². The molecule has 0 aliphatic heterocycles. The molecule has 150 valence electrons. The minimum atomic E-state index is -1.53. The summed E-state index contributed by atoms with van der Waals surface area (Å²) in [5, 5.41) is 13.6. The van der Waals surface area contributed by atoms with Gasteiger partial charge in [-0.2, -0.15) is 15.1 Å². The average Bonchev–Trinajstić information content (AvgIpc) is 3.50. The Morgan fingerprint density at radius 2 is 2.00 bits per heavy atom. The Morgan fingerprint density at radius 3 is 2.69 bits per heavy atom. The van der Waals surface area contributed by atoms with E-state index in [2.05, 4.69) is 25.3 Å². The first-order chi connectivity index (χ1) is 14.1. The van der Waals surface area contributed by atoms with E-state index in [1.807, 2.05) is 62.5 Å². The van der Waals surface area contributed by atoms with Gasteiger partial charge in [-0.1, -0.05) is 42.8 Å². The van der Waals surface area contributed by atoms with Crippen molar-refractivity contribution < 1.29 is 8.73 Å². The molecule has 0 bridgehead atoms. The lowest BCUT2D eigenvalue weighted by Crippen LogP contribution is -2.32. The molecule has 0 saturated carbocycles. The highest BCUT2D eigenvalue weighted by molar-refractivity contribution is 7.85. The fourth-order valence-corrected chi connectivity index (χ4v) is 5.34. The fraction of sp³-hybridized carbons (Fsp3) is 0.300. The number of aromatic nitrogens is 5. The molecular weight excluding hydrogens is 406 g/mol. The molecule has 1 unspecified atom stereocenters. The summed E-state index contributed by atoms with van der Waals surface area (Å²) in [4.78, 5) is 10.0. The smallest absolute Gasteiger partial charge is 0.257 e. The van der Waals surface area contributed by atoms with E-state index >= 15 is 0 Å². The summed E-state index contributed by atoms with van der Waals surface area (Å²) in [5.74, 6) is 1.38. The maximum atomic E-state index is 13.6. The van der Waals surface area contributed by atoms with Crippen molar-refractivity contribution in [2.75, 3.05) is 0 Å². The Kier molecular flexibility index (Phi) is 5.42. The van der Waals surface area contributed by atoms with Gasteiger partial charge in [0, 0.05) is 5.56 Å². The van der Waals surface area contributed by atoms with Crippen LogP contribution in [-0.2, 0) is 15.5 Å². The second-order valence-electron chi connectivity index (χ2n) is 6.70. The van der Waals surface area contributed by atoms with E-state index in [1.165, 1.54) is 11.3 Å². The second-order valence-corrected chi connectivity index (χ2v) is 9.36. The number of hydrogen-bond donors (Lipinski definition) is 1. The minimum Gasteiger partial charge on any atom is -0.334 e. The Morgan fingerprint density at radius 1 is 1.17 bits per heavy atom. The lowest BCUT2D eigenvalue weighted by Gasteiger charge is -2.25. The summed E-state index contributed by atoms with van der Waals surface area (Å²) in [6, 6.07) is 11.7. The summed E-state index contributed by atoms with van der Waals surface area (Å²) in [7, 11) is -1.53. The predicted molar refractivity (Wildman–Crippen MR) is 113 cm³/mol. The standard InChI is InChI=1S/C20H21N5O2S2/c1-4-20(5-2,18-22-17(27-25-18)14-9-6-8-13(3)12-14)29(26)19-21-16(23-24-19)15-10-7-11-28-15/h6-12H,4-5H2,1-3H3,(H,21,23,24). The van der Waals surface area contributed by atoms with Crippen molar-refractivity contribution in [1.29, 1.82) is 0 Å². The number of aryl methyl sites for hydroxylation is 1. The first-order valence-electron chi connectivity index (χ1n) is 9.36. The van der Waals surface area contributed by atoms with E-state index in [0.717, 1.165) is 16.0 Å². The van der Waals surface area contributed by atoms with Crippen LogP contribution in [0, 0.1) is 6.92 Å². The molecule has 0 spiro atoms. The van der Waals surface area contributed by atoms with Crippen LogP contribution in [0.1, 0.15) is 38.1 Å². The summed E-state index contributed by atoms with van der Waals surface area (Å²) in [6.07, 6.45) is 1.13. The molecule has 7 nitrogen and oxygen atoms in total. The van der Waals surface area contributed by atoms with Crippen molar-refractivity contribution in [1.82, 2.24) is 25.3 Å². The van der Waals surface area contributed by atoms with E-state index in [9.17, 15) is 4.21 Å². The van der Waals surface area contributed by atoms with Gasteiger partial charge in [0.05, 0.1) is 4.88 Å². The first-order valence-corrected chi connectivity index (χ1v) is 11.4. The molecule has 1 N–H and O–H groups in total. The summed E-state index contributed by atoms with van der Waals surface area (Å²) in [5.41, 5.74) is 1.95. The molecule has 0 amide bonds. The molecule has 9 heteroatoms. The number of nitrogens with one attached hydrogen (secondary N) is 1. The van der Waals surface area contributed by atoms with Gasteiger partial charge in [-0.3, -0.25) is 9.31 Å².